The second-order valence-electron chi connectivity index (χ2n) is 4.75. The minimum atomic E-state index is -0.510. The third-order valence-corrected chi connectivity index (χ3v) is 4.11. The molecule has 3 N–H and O–H groups in total. The van der Waals surface area contributed by atoms with Gasteiger partial charge < -0.3 is 15.4 Å². The predicted molar refractivity (Wildman–Crippen MR) is 86.5 cm³/mol. The standard InChI is InChI=1S/C15H11N5O3S/c16-6-9-1-3-10(4-2-9)14-18-19-15(20(14)17)24-8-11-5-12(21)13(22)7-23-11/h1-5,7,22H,8,17H2. The average Bonchev–Trinajstić information content (AvgIpc) is 2.97. The van der Waals surface area contributed by atoms with E-state index in [1.807, 2.05) is 6.07 Å². The molecular formula is C15H11N5O3S. The number of nitrogen functional groups attached to an aromatic ring is 1. The number of rotatable bonds is 4. The van der Waals surface area contributed by atoms with Gasteiger partial charge >= 0.3 is 0 Å². The molecule has 1 aromatic carbocycles. The van der Waals surface area contributed by atoms with Gasteiger partial charge in [-0.2, -0.15) is 5.26 Å². The zero-order valence-electron chi connectivity index (χ0n) is 12.2. The van der Waals surface area contributed by atoms with Crippen LogP contribution in [0.5, 0.6) is 5.75 Å². The van der Waals surface area contributed by atoms with E-state index in [-0.39, 0.29) is 0 Å². The zero-order chi connectivity index (χ0) is 17.1. The number of hydrogen-bond donors (Lipinski definition) is 2. The fourth-order valence-electron chi connectivity index (χ4n) is 1.92. The minimum absolute atomic E-state index is 0.304. The Morgan fingerprint density at radius 1 is 1.33 bits per heavy atom. The number of aromatic nitrogens is 3. The van der Waals surface area contributed by atoms with E-state index in [0.717, 1.165) is 11.8 Å². The summed E-state index contributed by atoms with van der Waals surface area (Å²) in [5, 5.41) is 26.5. The van der Waals surface area contributed by atoms with Gasteiger partial charge in [0.25, 0.3) is 0 Å². The molecule has 120 valence electrons. The lowest BCUT2D eigenvalue weighted by Crippen LogP contribution is -2.11. The SMILES string of the molecule is N#Cc1ccc(-c2nnc(SCc3cc(=O)c(O)co3)n2N)cc1. The highest BCUT2D eigenvalue weighted by Gasteiger charge is 2.13. The second-order valence-corrected chi connectivity index (χ2v) is 5.69. The van der Waals surface area contributed by atoms with Gasteiger partial charge in [0.1, 0.15) is 12.0 Å². The van der Waals surface area contributed by atoms with Crippen molar-refractivity contribution in [1.82, 2.24) is 14.9 Å². The summed E-state index contributed by atoms with van der Waals surface area (Å²) in [6.45, 7) is 0. The summed E-state index contributed by atoms with van der Waals surface area (Å²) in [5.41, 5.74) is 0.759. The van der Waals surface area contributed by atoms with E-state index < -0.39 is 11.2 Å². The monoisotopic (exact) mass is 341 g/mol. The van der Waals surface area contributed by atoms with E-state index in [1.54, 1.807) is 24.3 Å². The third-order valence-electron chi connectivity index (χ3n) is 3.15. The summed E-state index contributed by atoms with van der Waals surface area (Å²) in [6, 6.07) is 10.1. The summed E-state index contributed by atoms with van der Waals surface area (Å²) >= 11 is 1.24. The number of aromatic hydroxyl groups is 1. The van der Waals surface area contributed by atoms with E-state index >= 15 is 0 Å². The summed E-state index contributed by atoms with van der Waals surface area (Å²) in [4.78, 5) is 11.4. The molecule has 2 heterocycles. The van der Waals surface area contributed by atoms with Crippen molar-refractivity contribution in [1.29, 1.82) is 5.26 Å². The quantitative estimate of drug-likeness (QED) is 0.539. The molecule has 0 aliphatic heterocycles. The Hall–Kier alpha value is -3.25. The van der Waals surface area contributed by atoms with Gasteiger partial charge in [-0.05, 0) is 24.3 Å². The van der Waals surface area contributed by atoms with Gasteiger partial charge in [-0.25, -0.2) is 4.68 Å². The van der Waals surface area contributed by atoms with Crippen LogP contribution in [0, 0.1) is 11.3 Å². The molecule has 0 aliphatic carbocycles. The topological polar surface area (TPSA) is 131 Å². The van der Waals surface area contributed by atoms with E-state index in [0.29, 0.717) is 28.1 Å². The van der Waals surface area contributed by atoms with Crippen LogP contribution in [0.3, 0.4) is 0 Å². The van der Waals surface area contributed by atoms with Gasteiger partial charge in [0.15, 0.2) is 11.6 Å². The molecule has 24 heavy (non-hydrogen) atoms. The van der Waals surface area contributed by atoms with Crippen molar-refractivity contribution < 1.29 is 9.52 Å². The molecular weight excluding hydrogens is 330 g/mol. The first-order valence-corrected chi connectivity index (χ1v) is 7.71. The maximum atomic E-state index is 11.4. The van der Waals surface area contributed by atoms with Crippen molar-refractivity contribution in [3.05, 3.63) is 58.1 Å². The molecule has 0 spiro atoms. The lowest BCUT2D eigenvalue weighted by atomic mass is 10.1. The number of nitrogens with zero attached hydrogens (tertiary/aromatic N) is 4. The smallest absolute Gasteiger partial charge is 0.226 e. The first-order valence-electron chi connectivity index (χ1n) is 6.73. The number of nitrogens with two attached hydrogens (primary N) is 1. The summed E-state index contributed by atoms with van der Waals surface area (Å²) < 4.78 is 6.44. The van der Waals surface area contributed by atoms with Gasteiger partial charge in [0, 0.05) is 11.6 Å². The fourth-order valence-corrected chi connectivity index (χ4v) is 2.67. The molecule has 0 bridgehead atoms. The summed E-state index contributed by atoms with van der Waals surface area (Å²) in [7, 11) is 0. The van der Waals surface area contributed by atoms with Crippen LogP contribution in [0.1, 0.15) is 11.3 Å². The first-order chi connectivity index (χ1) is 11.6. The Morgan fingerprint density at radius 3 is 2.75 bits per heavy atom. The van der Waals surface area contributed by atoms with Crippen LogP contribution in [0.25, 0.3) is 11.4 Å². The number of nitriles is 1. The molecule has 0 radical (unpaired) electrons. The van der Waals surface area contributed by atoms with Crippen LogP contribution in [0.2, 0.25) is 0 Å². The zero-order valence-corrected chi connectivity index (χ0v) is 13.0. The maximum Gasteiger partial charge on any atom is 0.226 e. The highest BCUT2D eigenvalue weighted by molar-refractivity contribution is 7.98. The largest absolute Gasteiger partial charge is 0.502 e. The van der Waals surface area contributed by atoms with Crippen molar-refractivity contribution in [3.8, 4) is 23.2 Å². The van der Waals surface area contributed by atoms with Gasteiger partial charge in [0.05, 0.1) is 17.4 Å². The lowest BCUT2D eigenvalue weighted by Gasteiger charge is -2.03. The van der Waals surface area contributed by atoms with Crippen LogP contribution in [-0.2, 0) is 5.75 Å². The second kappa shape index (κ2) is 6.47. The Labute approximate surface area is 140 Å². The molecule has 0 saturated heterocycles. The number of hydrogen-bond acceptors (Lipinski definition) is 8. The van der Waals surface area contributed by atoms with E-state index in [9.17, 15) is 4.79 Å². The molecule has 2 aromatic heterocycles. The minimum Gasteiger partial charge on any atom is -0.502 e. The number of thioether (sulfide) groups is 1. The van der Waals surface area contributed by atoms with Crippen LogP contribution < -0.4 is 11.3 Å². The predicted octanol–water partition coefficient (Wildman–Crippen LogP) is 1.48. The Bertz CT molecular complexity index is 972. The molecule has 8 nitrogen and oxygen atoms in total. The van der Waals surface area contributed by atoms with Gasteiger partial charge in [0.2, 0.25) is 10.6 Å². The molecule has 3 aromatic rings. The van der Waals surface area contributed by atoms with Gasteiger partial charge in [-0.1, -0.05) is 11.8 Å². The van der Waals surface area contributed by atoms with E-state index in [2.05, 4.69) is 10.2 Å². The highest BCUT2D eigenvalue weighted by atomic mass is 32.2. The Morgan fingerprint density at radius 2 is 2.08 bits per heavy atom. The van der Waals surface area contributed by atoms with Gasteiger partial charge in [-0.3, -0.25) is 4.79 Å². The van der Waals surface area contributed by atoms with Crippen molar-refractivity contribution in [2.75, 3.05) is 5.84 Å². The van der Waals surface area contributed by atoms with Crippen LogP contribution in [-0.4, -0.2) is 20.0 Å². The van der Waals surface area contributed by atoms with Crippen molar-refractivity contribution in [3.63, 3.8) is 0 Å². The van der Waals surface area contributed by atoms with E-state index in [4.69, 9.17) is 20.6 Å². The molecule has 9 heteroatoms. The van der Waals surface area contributed by atoms with Crippen molar-refractivity contribution in [2.45, 2.75) is 10.9 Å². The Balaban J connectivity index is 1.78. The third kappa shape index (κ3) is 3.09. The average molecular weight is 341 g/mol. The summed E-state index contributed by atoms with van der Waals surface area (Å²) in [5.74, 6) is 6.70. The fraction of sp³-hybridized carbons (Fsp3) is 0.0667. The Kier molecular flexibility index (Phi) is 4.22. The molecule has 0 amide bonds. The highest BCUT2D eigenvalue weighted by Crippen LogP contribution is 2.24. The van der Waals surface area contributed by atoms with Gasteiger partial charge in [-0.15, -0.1) is 10.2 Å². The molecule has 0 saturated carbocycles. The van der Waals surface area contributed by atoms with Crippen LogP contribution in [0.15, 0.2) is 51.0 Å². The van der Waals surface area contributed by atoms with E-state index in [1.165, 1.54) is 22.5 Å². The van der Waals surface area contributed by atoms with Crippen molar-refractivity contribution in [2.24, 2.45) is 0 Å². The first kappa shape index (κ1) is 15.6. The van der Waals surface area contributed by atoms with Crippen molar-refractivity contribution >= 4 is 11.8 Å². The maximum absolute atomic E-state index is 11.4. The lowest BCUT2D eigenvalue weighted by molar-refractivity contribution is 0.419. The molecule has 0 atom stereocenters. The van der Waals surface area contributed by atoms with Crippen LogP contribution in [0.4, 0.5) is 0 Å². The normalized spacial score (nSPS) is 10.5. The summed E-state index contributed by atoms with van der Waals surface area (Å²) in [6.07, 6.45) is 0.994. The van der Waals surface area contributed by atoms with Crippen LogP contribution >= 0.6 is 11.8 Å². The molecule has 0 aliphatic rings. The molecule has 0 unspecified atom stereocenters. The molecule has 0 fully saturated rings. The molecule has 3 rings (SSSR count). The number of benzene rings is 1.